The molecule has 0 aliphatic rings. The van der Waals surface area contributed by atoms with Crippen molar-refractivity contribution < 1.29 is 14.3 Å². The van der Waals surface area contributed by atoms with Crippen LogP contribution in [0.2, 0.25) is 5.02 Å². The van der Waals surface area contributed by atoms with Gasteiger partial charge in [0.1, 0.15) is 5.75 Å². The Kier molecular flexibility index (Phi) is 4.91. The van der Waals surface area contributed by atoms with Crippen molar-refractivity contribution in [2.45, 2.75) is 31.3 Å². The number of aliphatic hydroxyl groups is 1. The monoisotopic (exact) mass is 314 g/mol. The summed E-state index contributed by atoms with van der Waals surface area (Å²) >= 11 is 7.09. The molecule has 1 heterocycles. The van der Waals surface area contributed by atoms with Gasteiger partial charge in [0, 0.05) is 10.8 Å². The van der Waals surface area contributed by atoms with Crippen molar-refractivity contribution in [2.24, 2.45) is 0 Å². The lowest BCUT2D eigenvalue weighted by atomic mass is 10.2. The van der Waals surface area contributed by atoms with Crippen LogP contribution in [0, 0.1) is 0 Å². The molecule has 1 N–H and O–H groups in total. The maximum absolute atomic E-state index is 9.61. The van der Waals surface area contributed by atoms with Crippen LogP contribution >= 0.6 is 23.4 Å². The molecule has 0 saturated carbocycles. The van der Waals surface area contributed by atoms with Crippen LogP contribution in [0.25, 0.3) is 0 Å². The summed E-state index contributed by atoms with van der Waals surface area (Å²) in [6.45, 7) is 3.64. The molecule has 0 saturated heterocycles. The van der Waals surface area contributed by atoms with Gasteiger partial charge in [-0.3, -0.25) is 0 Å². The minimum atomic E-state index is -0.779. The van der Waals surface area contributed by atoms with Crippen molar-refractivity contribution in [3.8, 4) is 5.75 Å². The number of benzene rings is 1. The van der Waals surface area contributed by atoms with E-state index in [-0.39, 0.29) is 6.61 Å². The highest BCUT2D eigenvalue weighted by Gasteiger charge is 2.16. The number of aromatic nitrogens is 2. The lowest BCUT2D eigenvalue weighted by molar-refractivity contribution is 0.106. The van der Waals surface area contributed by atoms with Crippen molar-refractivity contribution in [1.82, 2.24) is 10.2 Å². The largest absolute Gasteiger partial charge is 0.484 e. The van der Waals surface area contributed by atoms with Gasteiger partial charge in [0.25, 0.3) is 11.1 Å². The molecule has 0 radical (unpaired) electrons. The Balaban J connectivity index is 1.85. The van der Waals surface area contributed by atoms with E-state index in [2.05, 4.69) is 10.2 Å². The second-order valence-corrected chi connectivity index (χ2v) is 6.17. The number of ether oxygens (including phenoxy) is 1. The SMILES string of the molecule is CC(C)(O)CSc1nnc(COc2ccc(Cl)cc2)o1. The number of hydrogen-bond donors (Lipinski definition) is 1. The normalized spacial score (nSPS) is 11.6. The summed E-state index contributed by atoms with van der Waals surface area (Å²) in [4.78, 5) is 0. The first-order valence-electron chi connectivity index (χ1n) is 5.98. The summed E-state index contributed by atoms with van der Waals surface area (Å²) in [6, 6.07) is 7.02. The Morgan fingerprint density at radius 2 is 2.00 bits per heavy atom. The number of rotatable bonds is 6. The summed E-state index contributed by atoms with van der Waals surface area (Å²) in [7, 11) is 0. The van der Waals surface area contributed by atoms with Crippen LogP contribution in [-0.2, 0) is 6.61 Å². The van der Waals surface area contributed by atoms with Gasteiger partial charge in [0.2, 0.25) is 0 Å². The van der Waals surface area contributed by atoms with E-state index in [1.807, 2.05) is 0 Å². The van der Waals surface area contributed by atoms with Crippen molar-refractivity contribution in [3.63, 3.8) is 0 Å². The van der Waals surface area contributed by atoms with Crippen LogP contribution < -0.4 is 4.74 Å². The fourth-order valence-electron chi connectivity index (χ4n) is 1.27. The predicted molar refractivity (Wildman–Crippen MR) is 77.1 cm³/mol. The van der Waals surface area contributed by atoms with Gasteiger partial charge in [-0.1, -0.05) is 23.4 Å². The minimum absolute atomic E-state index is 0.192. The zero-order valence-corrected chi connectivity index (χ0v) is 12.7. The van der Waals surface area contributed by atoms with E-state index in [0.717, 1.165) is 0 Å². The zero-order valence-electron chi connectivity index (χ0n) is 11.2. The van der Waals surface area contributed by atoms with E-state index in [1.54, 1.807) is 38.1 Å². The van der Waals surface area contributed by atoms with Crippen molar-refractivity contribution in [1.29, 1.82) is 0 Å². The van der Waals surface area contributed by atoms with Gasteiger partial charge in [0.05, 0.1) is 5.60 Å². The van der Waals surface area contributed by atoms with Crippen LogP contribution in [-0.4, -0.2) is 26.7 Å². The Bertz CT molecular complexity index is 551. The molecule has 5 nitrogen and oxygen atoms in total. The van der Waals surface area contributed by atoms with Gasteiger partial charge in [0.15, 0.2) is 6.61 Å². The fraction of sp³-hybridized carbons (Fsp3) is 0.385. The molecular formula is C13H15ClN2O3S. The second kappa shape index (κ2) is 6.47. The van der Waals surface area contributed by atoms with Gasteiger partial charge < -0.3 is 14.3 Å². The Labute approximate surface area is 126 Å². The first-order valence-corrected chi connectivity index (χ1v) is 7.35. The standard InChI is InChI=1S/C13H15ClN2O3S/c1-13(2,17)8-20-12-16-15-11(19-12)7-18-10-5-3-9(14)4-6-10/h3-6,17H,7-8H2,1-2H3. The molecule has 2 rings (SSSR count). The molecule has 2 aromatic rings. The molecule has 0 atom stereocenters. The Morgan fingerprint density at radius 1 is 1.30 bits per heavy atom. The molecule has 0 aliphatic carbocycles. The molecule has 20 heavy (non-hydrogen) atoms. The van der Waals surface area contributed by atoms with Crippen LogP contribution in [0.4, 0.5) is 0 Å². The first-order chi connectivity index (χ1) is 9.42. The molecule has 0 spiro atoms. The molecule has 0 fully saturated rings. The highest BCUT2D eigenvalue weighted by atomic mass is 35.5. The average molecular weight is 315 g/mol. The van der Waals surface area contributed by atoms with E-state index in [4.69, 9.17) is 20.8 Å². The summed E-state index contributed by atoms with van der Waals surface area (Å²) in [5, 5.41) is 18.4. The molecular weight excluding hydrogens is 300 g/mol. The van der Waals surface area contributed by atoms with E-state index < -0.39 is 5.60 Å². The summed E-state index contributed by atoms with van der Waals surface area (Å²) < 4.78 is 10.9. The number of hydrogen-bond acceptors (Lipinski definition) is 6. The smallest absolute Gasteiger partial charge is 0.276 e. The molecule has 0 amide bonds. The molecule has 0 bridgehead atoms. The van der Waals surface area contributed by atoms with Gasteiger partial charge in [-0.25, -0.2) is 0 Å². The van der Waals surface area contributed by atoms with Gasteiger partial charge in [-0.2, -0.15) is 0 Å². The maximum atomic E-state index is 9.61. The highest BCUT2D eigenvalue weighted by Crippen LogP contribution is 2.22. The number of nitrogens with zero attached hydrogens (tertiary/aromatic N) is 2. The zero-order chi connectivity index (χ0) is 14.6. The van der Waals surface area contributed by atoms with E-state index in [1.165, 1.54) is 11.8 Å². The van der Waals surface area contributed by atoms with E-state index in [9.17, 15) is 5.11 Å². The third-order valence-electron chi connectivity index (χ3n) is 2.17. The number of halogens is 1. The van der Waals surface area contributed by atoms with Crippen molar-refractivity contribution >= 4 is 23.4 Å². The van der Waals surface area contributed by atoms with E-state index >= 15 is 0 Å². The number of thioether (sulfide) groups is 1. The van der Waals surface area contributed by atoms with Gasteiger partial charge >= 0.3 is 0 Å². The van der Waals surface area contributed by atoms with Crippen molar-refractivity contribution in [2.75, 3.05) is 5.75 Å². The van der Waals surface area contributed by atoms with Crippen LogP contribution in [0.5, 0.6) is 5.75 Å². The lowest BCUT2D eigenvalue weighted by Gasteiger charge is -2.13. The maximum Gasteiger partial charge on any atom is 0.276 e. The van der Waals surface area contributed by atoms with Crippen molar-refractivity contribution in [3.05, 3.63) is 35.2 Å². The first kappa shape index (κ1) is 15.2. The minimum Gasteiger partial charge on any atom is -0.484 e. The highest BCUT2D eigenvalue weighted by molar-refractivity contribution is 7.99. The van der Waals surface area contributed by atoms with Gasteiger partial charge in [-0.05, 0) is 38.1 Å². The van der Waals surface area contributed by atoms with Crippen LogP contribution in [0.1, 0.15) is 19.7 Å². The third-order valence-corrected chi connectivity index (χ3v) is 3.69. The second-order valence-electron chi connectivity index (χ2n) is 4.81. The molecule has 0 aliphatic heterocycles. The summed E-state index contributed by atoms with van der Waals surface area (Å²) in [5.41, 5.74) is -0.779. The molecule has 1 aromatic heterocycles. The van der Waals surface area contributed by atoms with E-state index in [0.29, 0.717) is 27.6 Å². The quantitative estimate of drug-likeness (QED) is 0.826. The Morgan fingerprint density at radius 3 is 2.65 bits per heavy atom. The van der Waals surface area contributed by atoms with Gasteiger partial charge in [-0.15, -0.1) is 10.2 Å². The lowest BCUT2D eigenvalue weighted by Crippen LogP contribution is -2.21. The fourth-order valence-corrected chi connectivity index (χ4v) is 2.13. The average Bonchev–Trinajstić information content (AvgIpc) is 2.83. The predicted octanol–water partition coefficient (Wildman–Crippen LogP) is 3.17. The van der Waals surface area contributed by atoms with Crippen LogP contribution in [0.3, 0.4) is 0 Å². The summed E-state index contributed by atoms with van der Waals surface area (Å²) in [6.07, 6.45) is 0. The third kappa shape index (κ3) is 5.03. The molecule has 108 valence electrons. The molecule has 0 unspecified atom stereocenters. The topological polar surface area (TPSA) is 68.4 Å². The molecule has 1 aromatic carbocycles. The molecule has 7 heteroatoms. The van der Waals surface area contributed by atoms with Crippen LogP contribution in [0.15, 0.2) is 33.9 Å². The summed E-state index contributed by atoms with van der Waals surface area (Å²) in [5.74, 6) is 1.55. The Hall–Kier alpha value is -1.24.